The van der Waals surface area contributed by atoms with Crippen molar-refractivity contribution < 1.29 is 13.2 Å². The van der Waals surface area contributed by atoms with Crippen molar-refractivity contribution in [2.24, 2.45) is 0 Å². The van der Waals surface area contributed by atoms with Crippen LogP contribution in [-0.2, 0) is 26.7 Å². The summed E-state index contributed by atoms with van der Waals surface area (Å²) in [6, 6.07) is 14.7. The van der Waals surface area contributed by atoms with E-state index in [2.05, 4.69) is 23.9 Å². The Kier molecular flexibility index (Phi) is 7.49. The first-order valence-electron chi connectivity index (χ1n) is 9.27. The van der Waals surface area contributed by atoms with Crippen LogP contribution >= 0.6 is 11.6 Å². The summed E-state index contributed by atoms with van der Waals surface area (Å²) in [5, 5.41) is 3.71. The lowest BCUT2D eigenvalue weighted by Gasteiger charge is -2.32. The molecule has 7 heteroatoms. The lowest BCUT2D eigenvalue weighted by atomic mass is 9.76. The van der Waals surface area contributed by atoms with Crippen molar-refractivity contribution in [1.29, 1.82) is 0 Å². The average molecular weight is 423 g/mol. The number of rotatable bonds is 9. The number of carbonyl (C=O) groups is 1. The average Bonchev–Trinajstić information content (AvgIpc) is 2.64. The SMILES string of the molecule is CCC(CC)(CNC(=O)Cc1ccccc1NS(C)(=O)=O)c1ccc(Cl)cc1. The van der Waals surface area contributed by atoms with Crippen molar-refractivity contribution in [3.8, 4) is 0 Å². The zero-order valence-corrected chi connectivity index (χ0v) is 18.0. The van der Waals surface area contributed by atoms with Crippen LogP contribution in [-0.4, -0.2) is 27.1 Å². The highest BCUT2D eigenvalue weighted by atomic mass is 35.5. The molecular formula is C21H27ClN2O3S. The van der Waals surface area contributed by atoms with E-state index in [1.165, 1.54) is 0 Å². The molecule has 1 amide bonds. The molecule has 2 aromatic carbocycles. The maximum atomic E-state index is 12.6. The van der Waals surface area contributed by atoms with E-state index in [1.807, 2.05) is 24.3 Å². The van der Waals surface area contributed by atoms with Gasteiger partial charge in [0.05, 0.1) is 18.4 Å². The summed E-state index contributed by atoms with van der Waals surface area (Å²) >= 11 is 6.01. The van der Waals surface area contributed by atoms with Crippen molar-refractivity contribution in [1.82, 2.24) is 5.32 Å². The van der Waals surface area contributed by atoms with Gasteiger partial charge in [0.15, 0.2) is 0 Å². The smallest absolute Gasteiger partial charge is 0.229 e. The number of benzene rings is 2. The van der Waals surface area contributed by atoms with Gasteiger partial charge in [-0.05, 0) is 42.2 Å². The third-order valence-electron chi connectivity index (χ3n) is 5.10. The zero-order valence-electron chi connectivity index (χ0n) is 16.5. The van der Waals surface area contributed by atoms with Gasteiger partial charge in [0.25, 0.3) is 0 Å². The molecule has 0 aliphatic rings. The molecule has 0 heterocycles. The molecule has 28 heavy (non-hydrogen) atoms. The first kappa shape index (κ1) is 22.2. The summed E-state index contributed by atoms with van der Waals surface area (Å²) < 4.78 is 25.5. The second kappa shape index (κ2) is 9.43. The molecule has 0 spiro atoms. The van der Waals surface area contributed by atoms with Gasteiger partial charge in [-0.2, -0.15) is 0 Å². The number of hydrogen-bond donors (Lipinski definition) is 2. The number of nitrogens with one attached hydrogen (secondary N) is 2. The van der Waals surface area contributed by atoms with E-state index in [9.17, 15) is 13.2 Å². The van der Waals surface area contributed by atoms with Crippen LogP contribution in [0.15, 0.2) is 48.5 Å². The Morgan fingerprint density at radius 1 is 1.04 bits per heavy atom. The molecule has 0 aliphatic heterocycles. The van der Waals surface area contributed by atoms with Gasteiger partial charge < -0.3 is 5.32 Å². The maximum absolute atomic E-state index is 12.6. The Morgan fingerprint density at radius 2 is 1.64 bits per heavy atom. The Labute approximate surface area is 172 Å². The fourth-order valence-corrected chi connectivity index (χ4v) is 4.02. The number of para-hydroxylation sites is 1. The Hall–Kier alpha value is -2.05. The van der Waals surface area contributed by atoms with Crippen LogP contribution in [0.3, 0.4) is 0 Å². The van der Waals surface area contributed by atoms with E-state index in [0.29, 0.717) is 22.8 Å². The fourth-order valence-electron chi connectivity index (χ4n) is 3.29. The van der Waals surface area contributed by atoms with E-state index in [1.54, 1.807) is 24.3 Å². The number of sulfonamides is 1. The third-order valence-corrected chi connectivity index (χ3v) is 5.94. The van der Waals surface area contributed by atoms with Crippen LogP contribution in [0.2, 0.25) is 5.02 Å². The zero-order chi connectivity index (χ0) is 20.8. The summed E-state index contributed by atoms with van der Waals surface area (Å²) in [6.07, 6.45) is 2.94. The predicted molar refractivity (Wildman–Crippen MR) is 115 cm³/mol. The molecule has 2 N–H and O–H groups in total. The van der Waals surface area contributed by atoms with Gasteiger partial charge in [-0.15, -0.1) is 0 Å². The molecule has 0 aromatic heterocycles. The Balaban J connectivity index is 2.11. The molecule has 0 saturated heterocycles. The molecule has 2 aromatic rings. The molecule has 0 aliphatic carbocycles. The Morgan fingerprint density at radius 3 is 2.21 bits per heavy atom. The van der Waals surface area contributed by atoms with Gasteiger partial charge in [-0.3, -0.25) is 9.52 Å². The summed E-state index contributed by atoms with van der Waals surface area (Å²) in [6.45, 7) is 4.72. The molecule has 0 unspecified atom stereocenters. The topological polar surface area (TPSA) is 75.3 Å². The normalized spacial score (nSPS) is 11.9. The molecule has 2 rings (SSSR count). The summed E-state index contributed by atoms with van der Waals surface area (Å²) in [4.78, 5) is 12.6. The maximum Gasteiger partial charge on any atom is 0.229 e. The Bertz CT molecular complexity index is 908. The standard InChI is InChI=1S/C21H27ClN2O3S/c1-4-21(5-2,17-10-12-18(22)13-11-17)15-23-20(25)14-16-8-6-7-9-19(16)24-28(3,26)27/h6-13,24H,4-5,14-15H2,1-3H3,(H,23,25). The minimum atomic E-state index is -3.41. The van der Waals surface area contributed by atoms with Gasteiger partial charge in [-0.25, -0.2) is 8.42 Å². The minimum Gasteiger partial charge on any atom is -0.355 e. The molecule has 0 radical (unpaired) electrons. The van der Waals surface area contributed by atoms with Gasteiger partial charge in [0, 0.05) is 17.0 Å². The fraction of sp³-hybridized carbons (Fsp3) is 0.381. The van der Waals surface area contributed by atoms with Gasteiger partial charge in [-0.1, -0.05) is 55.8 Å². The minimum absolute atomic E-state index is 0.100. The van der Waals surface area contributed by atoms with Crippen LogP contribution in [0.1, 0.15) is 37.8 Å². The van der Waals surface area contributed by atoms with Crippen LogP contribution < -0.4 is 10.0 Å². The molecule has 152 valence electrons. The highest BCUT2D eigenvalue weighted by Crippen LogP contribution is 2.32. The molecule has 0 saturated carbocycles. The predicted octanol–water partition coefficient (Wildman–Crippen LogP) is 4.13. The van der Waals surface area contributed by atoms with Crippen LogP contribution in [0, 0.1) is 0 Å². The van der Waals surface area contributed by atoms with E-state index in [0.717, 1.165) is 24.7 Å². The molecular weight excluding hydrogens is 396 g/mol. The van der Waals surface area contributed by atoms with Crippen LogP contribution in [0.4, 0.5) is 5.69 Å². The number of anilines is 1. The van der Waals surface area contributed by atoms with E-state index < -0.39 is 10.0 Å². The number of hydrogen-bond acceptors (Lipinski definition) is 3. The summed E-state index contributed by atoms with van der Waals surface area (Å²) in [7, 11) is -3.41. The van der Waals surface area contributed by atoms with E-state index in [4.69, 9.17) is 11.6 Å². The monoisotopic (exact) mass is 422 g/mol. The van der Waals surface area contributed by atoms with Crippen molar-refractivity contribution in [3.05, 3.63) is 64.7 Å². The van der Waals surface area contributed by atoms with Crippen molar-refractivity contribution >= 4 is 33.2 Å². The number of halogens is 1. The molecule has 0 bridgehead atoms. The largest absolute Gasteiger partial charge is 0.355 e. The van der Waals surface area contributed by atoms with Gasteiger partial charge in [0.1, 0.15) is 0 Å². The molecule has 5 nitrogen and oxygen atoms in total. The van der Waals surface area contributed by atoms with Crippen molar-refractivity contribution in [3.63, 3.8) is 0 Å². The molecule has 0 atom stereocenters. The van der Waals surface area contributed by atoms with Crippen LogP contribution in [0.25, 0.3) is 0 Å². The highest BCUT2D eigenvalue weighted by Gasteiger charge is 2.29. The second-order valence-electron chi connectivity index (χ2n) is 6.98. The first-order valence-corrected chi connectivity index (χ1v) is 11.5. The van der Waals surface area contributed by atoms with Crippen molar-refractivity contribution in [2.45, 2.75) is 38.5 Å². The van der Waals surface area contributed by atoms with E-state index in [-0.39, 0.29) is 17.7 Å². The van der Waals surface area contributed by atoms with Crippen LogP contribution in [0.5, 0.6) is 0 Å². The highest BCUT2D eigenvalue weighted by molar-refractivity contribution is 7.92. The van der Waals surface area contributed by atoms with Gasteiger partial charge in [0.2, 0.25) is 15.9 Å². The number of carbonyl (C=O) groups excluding carboxylic acids is 1. The lowest BCUT2D eigenvalue weighted by molar-refractivity contribution is -0.120. The first-order chi connectivity index (χ1) is 13.2. The third kappa shape index (κ3) is 5.97. The summed E-state index contributed by atoms with van der Waals surface area (Å²) in [5.41, 5.74) is 2.03. The lowest BCUT2D eigenvalue weighted by Crippen LogP contribution is -2.40. The quantitative estimate of drug-likeness (QED) is 0.638. The van der Waals surface area contributed by atoms with E-state index >= 15 is 0 Å². The molecule has 0 fully saturated rings. The summed E-state index contributed by atoms with van der Waals surface area (Å²) in [5.74, 6) is -0.150. The van der Waals surface area contributed by atoms with Crippen molar-refractivity contribution in [2.75, 3.05) is 17.5 Å². The number of amides is 1. The second-order valence-corrected chi connectivity index (χ2v) is 9.16. The van der Waals surface area contributed by atoms with Gasteiger partial charge >= 0.3 is 0 Å².